The Morgan fingerprint density at radius 1 is 1.10 bits per heavy atom. The largest absolute Gasteiger partial charge is 0.348 e. The highest BCUT2D eigenvalue weighted by atomic mass is 16.2. The summed E-state index contributed by atoms with van der Waals surface area (Å²) in [5, 5.41) is 2.91. The summed E-state index contributed by atoms with van der Waals surface area (Å²) >= 11 is 0. The molecule has 31 heavy (non-hydrogen) atoms. The highest BCUT2D eigenvalue weighted by Gasteiger charge is 2.31. The molecule has 1 fully saturated rings. The Labute approximate surface area is 181 Å². The van der Waals surface area contributed by atoms with Gasteiger partial charge in [0.1, 0.15) is 0 Å². The van der Waals surface area contributed by atoms with Crippen LogP contribution in [-0.2, 0) is 6.54 Å². The molecule has 1 aromatic carbocycles. The number of hydrogen-bond acceptors (Lipinski definition) is 5. The minimum Gasteiger partial charge on any atom is -0.348 e. The quantitative estimate of drug-likeness (QED) is 0.689. The second-order valence-corrected chi connectivity index (χ2v) is 7.64. The van der Waals surface area contributed by atoms with E-state index in [1.54, 1.807) is 37.6 Å². The predicted octanol–water partition coefficient (Wildman–Crippen LogP) is 3.48. The number of pyridine rings is 1. The number of carbonyl (C=O) groups is 2. The van der Waals surface area contributed by atoms with Crippen molar-refractivity contribution in [1.29, 1.82) is 0 Å². The molecule has 1 N–H and O–H groups in total. The first-order valence-corrected chi connectivity index (χ1v) is 10.5. The van der Waals surface area contributed by atoms with E-state index >= 15 is 0 Å². The second-order valence-electron chi connectivity index (χ2n) is 7.64. The maximum absolute atomic E-state index is 13.0. The fourth-order valence-electron chi connectivity index (χ4n) is 3.85. The van der Waals surface area contributed by atoms with Crippen LogP contribution in [0, 0.1) is 6.92 Å². The van der Waals surface area contributed by atoms with E-state index in [0.29, 0.717) is 35.7 Å². The molecule has 2 amide bonds. The monoisotopic (exact) mass is 415 g/mol. The smallest absolute Gasteiger partial charge is 0.254 e. The zero-order valence-corrected chi connectivity index (χ0v) is 17.5. The van der Waals surface area contributed by atoms with Crippen molar-refractivity contribution in [2.75, 3.05) is 6.54 Å². The van der Waals surface area contributed by atoms with Gasteiger partial charge in [0.05, 0.1) is 17.3 Å². The molecule has 4 rings (SSSR count). The van der Waals surface area contributed by atoms with Crippen LogP contribution in [-0.4, -0.2) is 38.2 Å². The van der Waals surface area contributed by atoms with E-state index in [-0.39, 0.29) is 17.9 Å². The molecule has 0 bridgehead atoms. The molecule has 0 spiro atoms. The molecule has 0 radical (unpaired) electrons. The molecule has 7 heteroatoms. The van der Waals surface area contributed by atoms with E-state index in [9.17, 15) is 9.59 Å². The fraction of sp³-hybridized carbons (Fsp3) is 0.292. The van der Waals surface area contributed by atoms with E-state index in [1.165, 1.54) is 0 Å². The topological polar surface area (TPSA) is 88.1 Å². The molecule has 0 aliphatic carbocycles. The number of nitrogens with one attached hydrogen (secondary N) is 1. The lowest BCUT2D eigenvalue weighted by Gasteiger charge is -2.35. The number of aryl methyl sites for hydroxylation is 1. The number of amides is 2. The van der Waals surface area contributed by atoms with Gasteiger partial charge in [-0.2, -0.15) is 0 Å². The van der Waals surface area contributed by atoms with Crippen LogP contribution in [0.1, 0.15) is 63.1 Å². The van der Waals surface area contributed by atoms with Crippen molar-refractivity contribution in [3.63, 3.8) is 0 Å². The second kappa shape index (κ2) is 9.47. The van der Waals surface area contributed by atoms with Crippen molar-refractivity contribution in [2.24, 2.45) is 0 Å². The van der Waals surface area contributed by atoms with E-state index in [2.05, 4.69) is 20.3 Å². The summed E-state index contributed by atoms with van der Waals surface area (Å²) in [4.78, 5) is 40.6. The molecule has 1 saturated heterocycles. The molecule has 158 valence electrons. The Balaban J connectivity index is 1.50. The van der Waals surface area contributed by atoms with Crippen LogP contribution < -0.4 is 5.32 Å². The zero-order valence-electron chi connectivity index (χ0n) is 17.5. The lowest BCUT2D eigenvalue weighted by Crippen LogP contribution is -2.39. The summed E-state index contributed by atoms with van der Waals surface area (Å²) in [6.45, 7) is 2.91. The third kappa shape index (κ3) is 4.77. The van der Waals surface area contributed by atoms with Gasteiger partial charge < -0.3 is 10.2 Å². The molecule has 1 atom stereocenters. The first-order valence-electron chi connectivity index (χ1n) is 10.5. The van der Waals surface area contributed by atoms with Gasteiger partial charge in [-0.05, 0) is 43.9 Å². The van der Waals surface area contributed by atoms with Gasteiger partial charge in [-0.3, -0.25) is 14.6 Å². The fourth-order valence-corrected chi connectivity index (χ4v) is 3.85. The molecule has 2 aromatic heterocycles. The van der Waals surface area contributed by atoms with E-state index in [0.717, 1.165) is 24.8 Å². The van der Waals surface area contributed by atoms with Gasteiger partial charge in [-0.15, -0.1) is 0 Å². The number of benzene rings is 1. The van der Waals surface area contributed by atoms with Crippen LogP contribution in [0.15, 0.2) is 61.1 Å². The molecule has 1 aliphatic rings. The minimum atomic E-state index is -0.207. The summed E-state index contributed by atoms with van der Waals surface area (Å²) in [5.41, 5.74) is 2.69. The van der Waals surface area contributed by atoms with Gasteiger partial charge in [-0.25, -0.2) is 9.97 Å². The van der Waals surface area contributed by atoms with Crippen molar-refractivity contribution in [3.8, 4) is 0 Å². The van der Waals surface area contributed by atoms with E-state index in [4.69, 9.17) is 0 Å². The summed E-state index contributed by atoms with van der Waals surface area (Å²) < 4.78 is 0. The summed E-state index contributed by atoms with van der Waals surface area (Å²) in [6, 6.07) is 13.0. The lowest BCUT2D eigenvalue weighted by molar-refractivity contribution is 0.0599. The van der Waals surface area contributed by atoms with Crippen molar-refractivity contribution in [3.05, 3.63) is 89.3 Å². The third-order valence-corrected chi connectivity index (χ3v) is 5.53. The Bertz CT molecular complexity index is 1060. The Morgan fingerprint density at radius 3 is 2.61 bits per heavy atom. The average Bonchev–Trinajstić information content (AvgIpc) is 2.83. The number of piperidine rings is 1. The summed E-state index contributed by atoms with van der Waals surface area (Å²) in [6.07, 6.45) is 7.57. The number of carbonyl (C=O) groups excluding carboxylic acids is 2. The molecule has 0 saturated carbocycles. The maximum atomic E-state index is 13.0. The average molecular weight is 415 g/mol. The third-order valence-electron chi connectivity index (χ3n) is 5.53. The van der Waals surface area contributed by atoms with Gasteiger partial charge in [0, 0.05) is 37.2 Å². The Hall–Kier alpha value is -3.61. The minimum absolute atomic E-state index is 0.0435. The maximum Gasteiger partial charge on any atom is 0.254 e. The first-order chi connectivity index (χ1) is 15.1. The molecule has 1 unspecified atom stereocenters. The molecular formula is C24H25N5O2. The summed E-state index contributed by atoms with van der Waals surface area (Å²) in [7, 11) is 0. The molecule has 7 nitrogen and oxygen atoms in total. The SMILES string of the molecule is Cc1nc(C2CCCCN2C(=O)c2ccncc2)ncc1C(=O)NCc1ccccc1. The highest BCUT2D eigenvalue weighted by molar-refractivity contribution is 5.95. The van der Waals surface area contributed by atoms with Gasteiger partial charge in [-0.1, -0.05) is 30.3 Å². The zero-order chi connectivity index (χ0) is 21.6. The van der Waals surface area contributed by atoms with Gasteiger partial charge in [0.2, 0.25) is 0 Å². The standard InChI is InChI=1S/C24H25N5O2/c1-17-20(23(30)27-15-18-7-3-2-4-8-18)16-26-22(28-17)21-9-5-6-14-29(21)24(31)19-10-12-25-13-11-19/h2-4,7-8,10-13,16,21H,5-6,9,14-15H2,1H3,(H,27,30). The van der Waals surface area contributed by atoms with Crippen LogP contribution in [0.4, 0.5) is 0 Å². The molecule has 1 aliphatic heterocycles. The van der Waals surface area contributed by atoms with Crippen molar-refractivity contribution < 1.29 is 9.59 Å². The number of rotatable bonds is 5. The van der Waals surface area contributed by atoms with Crippen LogP contribution in [0.25, 0.3) is 0 Å². The van der Waals surface area contributed by atoms with Crippen LogP contribution in [0.2, 0.25) is 0 Å². The van der Waals surface area contributed by atoms with E-state index < -0.39 is 0 Å². The number of hydrogen-bond donors (Lipinski definition) is 1. The van der Waals surface area contributed by atoms with Crippen molar-refractivity contribution in [2.45, 2.75) is 38.8 Å². The van der Waals surface area contributed by atoms with E-state index in [1.807, 2.05) is 35.2 Å². The first kappa shape index (κ1) is 20.7. The van der Waals surface area contributed by atoms with Crippen molar-refractivity contribution >= 4 is 11.8 Å². The summed E-state index contributed by atoms with van der Waals surface area (Å²) in [5.74, 6) is 0.332. The number of aromatic nitrogens is 3. The van der Waals surface area contributed by atoms with Gasteiger partial charge in [0.15, 0.2) is 5.82 Å². The van der Waals surface area contributed by atoms with Crippen LogP contribution in [0.3, 0.4) is 0 Å². The van der Waals surface area contributed by atoms with Crippen molar-refractivity contribution in [1.82, 2.24) is 25.2 Å². The lowest BCUT2D eigenvalue weighted by atomic mass is 10.00. The number of likely N-dealkylation sites (tertiary alicyclic amines) is 1. The Kier molecular flexibility index (Phi) is 6.31. The highest BCUT2D eigenvalue weighted by Crippen LogP contribution is 2.30. The number of nitrogens with zero attached hydrogens (tertiary/aromatic N) is 4. The van der Waals surface area contributed by atoms with Crippen LogP contribution in [0.5, 0.6) is 0 Å². The molecule has 3 heterocycles. The van der Waals surface area contributed by atoms with Gasteiger partial charge in [0.25, 0.3) is 11.8 Å². The van der Waals surface area contributed by atoms with Crippen LogP contribution >= 0.6 is 0 Å². The van der Waals surface area contributed by atoms with Gasteiger partial charge >= 0.3 is 0 Å². The molecule has 3 aromatic rings. The Morgan fingerprint density at radius 2 is 1.87 bits per heavy atom. The normalized spacial score (nSPS) is 16.0. The molecular weight excluding hydrogens is 390 g/mol. The predicted molar refractivity (Wildman–Crippen MR) is 116 cm³/mol.